The van der Waals surface area contributed by atoms with E-state index in [-0.39, 0.29) is 16.3 Å². The number of benzene rings is 1. The molecule has 0 bridgehead atoms. The van der Waals surface area contributed by atoms with E-state index in [9.17, 15) is 18.2 Å². The normalized spacial score (nSPS) is 13.4. The Labute approximate surface area is 135 Å². The molecule has 2 aromatic rings. The van der Waals surface area contributed by atoms with E-state index in [1.54, 1.807) is 12.1 Å². The van der Waals surface area contributed by atoms with Crippen molar-refractivity contribution in [2.45, 2.75) is 9.06 Å². The Morgan fingerprint density at radius 3 is 2.77 bits per heavy atom. The van der Waals surface area contributed by atoms with Crippen LogP contribution >= 0.6 is 23.9 Å². The maximum absolute atomic E-state index is 13.7. The minimum Gasteiger partial charge on any atom is -0.376 e. The van der Waals surface area contributed by atoms with Gasteiger partial charge in [-0.25, -0.2) is 4.39 Å². The minimum absolute atomic E-state index is 0.103. The molecule has 1 amide bonds. The second-order valence-electron chi connectivity index (χ2n) is 4.12. The molecule has 1 atom stereocenters. The van der Waals surface area contributed by atoms with Gasteiger partial charge in [-0.1, -0.05) is 17.8 Å². The van der Waals surface area contributed by atoms with Gasteiger partial charge in [-0.3, -0.25) is 9.78 Å². The number of aliphatic hydroxyl groups is 1. The number of thioether (sulfide) groups is 1. The largest absolute Gasteiger partial charge is 0.376 e. The Hall–Kier alpha value is -1.58. The van der Waals surface area contributed by atoms with Crippen molar-refractivity contribution in [2.75, 3.05) is 5.32 Å². The highest BCUT2D eigenvalue weighted by Crippen LogP contribution is 2.39. The molecule has 0 spiro atoms. The fourth-order valence-electron chi connectivity index (χ4n) is 1.52. The zero-order valence-corrected chi connectivity index (χ0v) is 12.6. The van der Waals surface area contributed by atoms with Crippen LogP contribution in [0.2, 0.25) is 0 Å². The highest BCUT2D eigenvalue weighted by molar-refractivity contribution is 8.17. The van der Waals surface area contributed by atoms with Crippen molar-refractivity contribution in [1.82, 2.24) is 4.98 Å². The van der Waals surface area contributed by atoms with E-state index in [4.69, 9.17) is 7.85 Å². The molecule has 2 rings (SSSR count). The van der Waals surface area contributed by atoms with E-state index in [2.05, 4.69) is 10.3 Å². The summed E-state index contributed by atoms with van der Waals surface area (Å²) in [4.78, 5) is 15.7. The molecule has 112 valence electrons. The number of pyridine rings is 1. The van der Waals surface area contributed by atoms with Crippen molar-refractivity contribution < 1.29 is 18.2 Å². The summed E-state index contributed by atoms with van der Waals surface area (Å²) in [6, 6.07) is 8.50. The third kappa shape index (κ3) is 4.46. The molecule has 4 nitrogen and oxygen atoms in total. The number of anilines is 1. The minimum atomic E-state index is -2.32. The Morgan fingerprint density at radius 1 is 1.36 bits per heavy atom. The molecule has 1 aromatic heterocycles. The Kier molecular flexibility index (Phi) is 5.44. The number of hydrogen-bond donors (Lipinski definition) is 2. The summed E-state index contributed by atoms with van der Waals surface area (Å²) < 4.78 is 23.8. The van der Waals surface area contributed by atoms with Crippen molar-refractivity contribution in [2.24, 2.45) is 0 Å². The number of halogens is 2. The van der Waals surface area contributed by atoms with Gasteiger partial charge >= 0.3 is 0 Å². The molecule has 2 radical (unpaired) electrons. The molecule has 22 heavy (non-hydrogen) atoms. The van der Waals surface area contributed by atoms with Gasteiger partial charge in [0.2, 0.25) is 0 Å². The van der Waals surface area contributed by atoms with Gasteiger partial charge in [-0.05, 0) is 30.3 Å². The predicted molar refractivity (Wildman–Crippen MR) is 83.9 cm³/mol. The summed E-state index contributed by atoms with van der Waals surface area (Å²) in [6.45, 7) is 0. The molecule has 1 unspecified atom stereocenters. The molecule has 0 aliphatic rings. The van der Waals surface area contributed by atoms with Crippen LogP contribution in [0.1, 0.15) is 10.5 Å². The summed E-state index contributed by atoms with van der Waals surface area (Å²) in [5, 5.41) is 11.9. The van der Waals surface area contributed by atoms with Gasteiger partial charge in [0.05, 0.1) is 12.1 Å². The second kappa shape index (κ2) is 7.12. The van der Waals surface area contributed by atoms with Gasteiger partial charge in [0.25, 0.3) is 5.91 Å². The molecule has 0 saturated heterocycles. The van der Waals surface area contributed by atoms with Crippen LogP contribution in [0.5, 0.6) is 0 Å². The highest BCUT2D eigenvalue weighted by atomic mass is 32.2. The first-order valence-corrected chi connectivity index (χ1v) is 7.46. The molecule has 0 aliphatic heterocycles. The van der Waals surface area contributed by atoms with Crippen LogP contribution in [0.15, 0.2) is 47.5 Å². The molecular formula is C13H9BF2N2O2S2. The molecule has 0 saturated carbocycles. The summed E-state index contributed by atoms with van der Waals surface area (Å²) in [7, 11) is 5.20. The number of rotatable bonds is 5. The third-order valence-electron chi connectivity index (χ3n) is 2.45. The number of amides is 1. The Bertz CT molecular complexity index is 674. The van der Waals surface area contributed by atoms with Gasteiger partial charge in [0.1, 0.15) is 23.5 Å². The van der Waals surface area contributed by atoms with E-state index < -0.39 is 28.0 Å². The van der Waals surface area contributed by atoms with Crippen molar-refractivity contribution in [3.05, 3.63) is 54.1 Å². The van der Waals surface area contributed by atoms with E-state index >= 15 is 0 Å². The van der Waals surface area contributed by atoms with Crippen molar-refractivity contribution >= 4 is 43.4 Å². The van der Waals surface area contributed by atoms with Crippen molar-refractivity contribution in [1.29, 1.82) is 0 Å². The SMILES string of the molecule is [B]C(O)(SF)Sc1cc(NC(=O)c2ccccn2)ccc1F. The van der Waals surface area contributed by atoms with E-state index in [1.807, 2.05) is 0 Å². The summed E-state index contributed by atoms with van der Waals surface area (Å²) in [5.74, 6) is -1.18. The first-order valence-electron chi connectivity index (χ1n) is 5.93. The molecule has 1 heterocycles. The first-order chi connectivity index (χ1) is 10.4. The molecule has 1 aromatic carbocycles. The van der Waals surface area contributed by atoms with Crippen LogP contribution in [0, 0.1) is 5.82 Å². The van der Waals surface area contributed by atoms with Crippen LogP contribution in [0.4, 0.5) is 14.0 Å². The molecule has 0 fully saturated rings. The lowest BCUT2D eigenvalue weighted by molar-refractivity contribution is 0.102. The van der Waals surface area contributed by atoms with Crippen LogP contribution in [0.3, 0.4) is 0 Å². The molecule has 2 N–H and O–H groups in total. The van der Waals surface area contributed by atoms with Gasteiger partial charge in [0, 0.05) is 16.8 Å². The quantitative estimate of drug-likeness (QED) is 0.499. The van der Waals surface area contributed by atoms with Crippen LogP contribution < -0.4 is 5.32 Å². The Morgan fingerprint density at radius 2 is 2.14 bits per heavy atom. The molecular weight excluding hydrogens is 329 g/mol. The smallest absolute Gasteiger partial charge is 0.274 e. The van der Waals surface area contributed by atoms with Gasteiger partial charge in [-0.2, -0.15) is 3.89 Å². The van der Waals surface area contributed by atoms with Crippen LogP contribution in [-0.2, 0) is 0 Å². The molecule has 0 aliphatic carbocycles. The lowest BCUT2D eigenvalue weighted by Crippen LogP contribution is -2.17. The zero-order valence-electron chi connectivity index (χ0n) is 11.0. The number of carbonyl (C=O) groups excluding carboxylic acids is 1. The van der Waals surface area contributed by atoms with Gasteiger partial charge < -0.3 is 10.4 Å². The number of hydrogen-bond acceptors (Lipinski definition) is 5. The van der Waals surface area contributed by atoms with Crippen LogP contribution in [-0.4, -0.2) is 28.0 Å². The number of carbonyl (C=O) groups is 1. The zero-order chi connectivity index (χ0) is 16.2. The predicted octanol–water partition coefficient (Wildman–Crippen LogP) is 2.95. The summed E-state index contributed by atoms with van der Waals surface area (Å²) in [6.07, 6.45) is 1.47. The van der Waals surface area contributed by atoms with E-state index in [0.717, 1.165) is 6.07 Å². The summed E-state index contributed by atoms with van der Waals surface area (Å²) in [5.41, 5.74) is 0.454. The topological polar surface area (TPSA) is 62.2 Å². The van der Waals surface area contributed by atoms with E-state index in [1.165, 1.54) is 24.4 Å². The molecule has 9 heteroatoms. The lowest BCUT2D eigenvalue weighted by atomic mass is 10.2. The van der Waals surface area contributed by atoms with Crippen molar-refractivity contribution in [3.63, 3.8) is 0 Å². The average Bonchev–Trinajstić information content (AvgIpc) is 2.51. The monoisotopic (exact) mass is 338 g/mol. The fourth-order valence-corrected chi connectivity index (χ4v) is 2.59. The van der Waals surface area contributed by atoms with Crippen LogP contribution in [0.25, 0.3) is 0 Å². The first kappa shape index (κ1) is 16.8. The number of nitrogens with one attached hydrogen (secondary N) is 1. The highest BCUT2D eigenvalue weighted by Gasteiger charge is 2.24. The van der Waals surface area contributed by atoms with E-state index in [0.29, 0.717) is 11.8 Å². The van der Waals surface area contributed by atoms with Gasteiger partial charge in [0.15, 0.2) is 0 Å². The van der Waals surface area contributed by atoms with Gasteiger partial charge in [-0.15, -0.1) is 0 Å². The second-order valence-corrected chi connectivity index (χ2v) is 6.43. The Balaban J connectivity index is 2.17. The average molecular weight is 338 g/mol. The maximum atomic E-state index is 13.7. The lowest BCUT2D eigenvalue weighted by Gasteiger charge is -2.18. The fraction of sp³-hybridized carbons (Fsp3) is 0.0769. The number of nitrogens with zero attached hydrogens (tertiary/aromatic N) is 1. The third-order valence-corrected chi connectivity index (χ3v) is 3.94. The van der Waals surface area contributed by atoms with Crippen molar-refractivity contribution in [3.8, 4) is 0 Å². The summed E-state index contributed by atoms with van der Waals surface area (Å²) >= 11 is -0.132. The standard InChI is InChI=1S/C13H9BF2N2O2S2/c14-13(20,22-16)21-11-7-8(4-5-9(11)15)18-12(19)10-3-1-2-6-17-10/h1-7,20H,(H,18,19). The number of aromatic nitrogens is 1. The maximum Gasteiger partial charge on any atom is 0.274 e.